The van der Waals surface area contributed by atoms with Gasteiger partial charge in [-0.25, -0.2) is 17.2 Å². The zero-order valence-corrected chi connectivity index (χ0v) is 11.9. The number of rotatable bonds is 4. The fourth-order valence-corrected chi connectivity index (χ4v) is 3.25. The number of sulfonamides is 1. The first kappa shape index (κ1) is 15.4. The summed E-state index contributed by atoms with van der Waals surface area (Å²) in [5.74, 6) is -2.41. The summed E-state index contributed by atoms with van der Waals surface area (Å²) in [4.78, 5) is -0.0993. The molecular formula is C14H13F2NO3S. The van der Waals surface area contributed by atoms with E-state index < -0.39 is 27.3 Å². The maximum absolute atomic E-state index is 13.6. The molecule has 0 saturated heterocycles. The molecule has 0 heterocycles. The van der Waals surface area contributed by atoms with E-state index in [1.165, 1.54) is 25.1 Å². The second kappa shape index (κ2) is 5.79. The van der Waals surface area contributed by atoms with Crippen LogP contribution in [0.25, 0.3) is 0 Å². The third-order valence-corrected chi connectivity index (χ3v) is 4.56. The van der Waals surface area contributed by atoms with Gasteiger partial charge in [0.15, 0.2) is 11.6 Å². The molecule has 7 heteroatoms. The highest BCUT2D eigenvalue weighted by molar-refractivity contribution is 7.92. The van der Waals surface area contributed by atoms with Crippen molar-refractivity contribution in [1.82, 2.24) is 0 Å². The first-order valence-corrected chi connectivity index (χ1v) is 7.51. The Hall–Kier alpha value is -1.99. The average Bonchev–Trinajstić information content (AvgIpc) is 2.44. The first-order chi connectivity index (χ1) is 9.86. The lowest BCUT2D eigenvalue weighted by atomic mass is 10.1. The van der Waals surface area contributed by atoms with Gasteiger partial charge in [0.25, 0.3) is 10.0 Å². The van der Waals surface area contributed by atoms with Crippen molar-refractivity contribution >= 4 is 15.7 Å². The third kappa shape index (κ3) is 3.03. The number of nitrogens with one attached hydrogen (secondary N) is 1. The van der Waals surface area contributed by atoms with Crippen LogP contribution >= 0.6 is 0 Å². The summed E-state index contributed by atoms with van der Waals surface area (Å²) >= 11 is 0. The van der Waals surface area contributed by atoms with Crippen molar-refractivity contribution in [3.8, 4) is 0 Å². The Morgan fingerprint density at radius 1 is 1.14 bits per heavy atom. The van der Waals surface area contributed by atoms with E-state index >= 15 is 0 Å². The van der Waals surface area contributed by atoms with Crippen LogP contribution in [0.5, 0.6) is 0 Å². The fourth-order valence-electron chi connectivity index (χ4n) is 1.90. The monoisotopic (exact) mass is 313 g/mol. The summed E-state index contributed by atoms with van der Waals surface area (Å²) < 4.78 is 53.2. The molecule has 0 spiro atoms. The largest absolute Gasteiger partial charge is 0.392 e. The lowest BCUT2D eigenvalue weighted by molar-refractivity contribution is 0.280. The Morgan fingerprint density at radius 3 is 2.48 bits per heavy atom. The van der Waals surface area contributed by atoms with Gasteiger partial charge in [-0.15, -0.1) is 0 Å². The van der Waals surface area contributed by atoms with Gasteiger partial charge in [-0.05, 0) is 36.2 Å². The van der Waals surface area contributed by atoms with Crippen LogP contribution in [0.4, 0.5) is 14.5 Å². The number of halogens is 2. The van der Waals surface area contributed by atoms with E-state index in [9.17, 15) is 17.2 Å². The van der Waals surface area contributed by atoms with Gasteiger partial charge in [-0.2, -0.15) is 0 Å². The molecule has 4 nitrogen and oxygen atoms in total. The number of anilines is 1. The summed E-state index contributed by atoms with van der Waals surface area (Å²) in [5.41, 5.74) is 0.325. The van der Waals surface area contributed by atoms with Crippen LogP contribution in [0.15, 0.2) is 41.3 Å². The molecule has 0 aromatic heterocycles. The van der Waals surface area contributed by atoms with Gasteiger partial charge >= 0.3 is 0 Å². The molecule has 0 amide bonds. The van der Waals surface area contributed by atoms with Crippen molar-refractivity contribution in [2.24, 2.45) is 0 Å². The maximum Gasteiger partial charge on any atom is 0.262 e. The number of hydrogen-bond donors (Lipinski definition) is 2. The summed E-state index contributed by atoms with van der Waals surface area (Å²) in [6.07, 6.45) is 0. The minimum atomic E-state index is -4.08. The Morgan fingerprint density at radius 2 is 1.81 bits per heavy atom. The highest BCUT2D eigenvalue weighted by atomic mass is 32.2. The van der Waals surface area contributed by atoms with Crippen LogP contribution < -0.4 is 4.72 Å². The van der Waals surface area contributed by atoms with Crippen LogP contribution in [0.3, 0.4) is 0 Å². The summed E-state index contributed by atoms with van der Waals surface area (Å²) in [6, 6.07) is 7.60. The second-order valence-corrected chi connectivity index (χ2v) is 6.06. The predicted molar refractivity (Wildman–Crippen MR) is 74.3 cm³/mol. The smallest absolute Gasteiger partial charge is 0.262 e. The molecule has 2 aromatic rings. The van der Waals surface area contributed by atoms with Crippen molar-refractivity contribution in [1.29, 1.82) is 0 Å². The van der Waals surface area contributed by atoms with E-state index in [4.69, 9.17) is 5.11 Å². The van der Waals surface area contributed by atoms with Gasteiger partial charge in [0.2, 0.25) is 0 Å². The highest BCUT2D eigenvalue weighted by Crippen LogP contribution is 2.24. The van der Waals surface area contributed by atoms with Gasteiger partial charge in [0, 0.05) is 0 Å². The Balaban J connectivity index is 2.46. The molecule has 0 atom stereocenters. The molecule has 2 aromatic carbocycles. The van der Waals surface area contributed by atoms with Crippen LogP contribution in [-0.2, 0) is 16.6 Å². The molecule has 0 aliphatic carbocycles. The first-order valence-electron chi connectivity index (χ1n) is 6.03. The van der Waals surface area contributed by atoms with E-state index in [2.05, 4.69) is 0 Å². The van der Waals surface area contributed by atoms with Gasteiger partial charge in [-0.3, -0.25) is 4.72 Å². The second-order valence-electron chi connectivity index (χ2n) is 4.41. The molecule has 2 N–H and O–H groups in total. The van der Waals surface area contributed by atoms with Gasteiger partial charge in [0.1, 0.15) is 0 Å². The molecular weight excluding hydrogens is 300 g/mol. The molecule has 0 aliphatic heterocycles. The zero-order valence-electron chi connectivity index (χ0n) is 11.1. The van der Waals surface area contributed by atoms with Crippen molar-refractivity contribution < 1.29 is 22.3 Å². The Bertz CT molecular complexity index is 776. The van der Waals surface area contributed by atoms with Crippen molar-refractivity contribution in [2.75, 3.05) is 4.72 Å². The van der Waals surface area contributed by atoms with E-state index in [0.29, 0.717) is 11.1 Å². The minimum Gasteiger partial charge on any atom is -0.392 e. The Kier molecular flexibility index (Phi) is 4.24. The predicted octanol–water partition coefficient (Wildman–Crippen LogP) is 2.57. The van der Waals surface area contributed by atoms with E-state index in [1.807, 2.05) is 4.72 Å². The summed E-state index contributed by atoms with van der Waals surface area (Å²) in [7, 11) is -4.08. The van der Waals surface area contributed by atoms with Crippen LogP contribution in [-0.4, -0.2) is 13.5 Å². The molecule has 0 bridgehead atoms. The van der Waals surface area contributed by atoms with Gasteiger partial charge in [0.05, 0.1) is 17.2 Å². The van der Waals surface area contributed by atoms with Crippen molar-refractivity contribution in [3.63, 3.8) is 0 Å². The topological polar surface area (TPSA) is 66.4 Å². The number of aliphatic hydroxyl groups is 1. The lowest BCUT2D eigenvalue weighted by Gasteiger charge is -2.13. The van der Waals surface area contributed by atoms with E-state index in [-0.39, 0.29) is 11.5 Å². The third-order valence-electron chi connectivity index (χ3n) is 3.05. The van der Waals surface area contributed by atoms with E-state index in [1.54, 1.807) is 6.07 Å². The number of hydrogen-bond acceptors (Lipinski definition) is 3. The molecule has 0 unspecified atom stereocenters. The van der Waals surface area contributed by atoms with Crippen molar-refractivity contribution in [3.05, 3.63) is 59.2 Å². The quantitative estimate of drug-likeness (QED) is 0.911. The maximum atomic E-state index is 13.6. The molecule has 2 rings (SSSR count). The molecule has 0 aliphatic rings. The highest BCUT2D eigenvalue weighted by Gasteiger charge is 2.20. The summed E-state index contributed by atoms with van der Waals surface area (Å²) in [6.45, 7) is 1.21. The number of aliphatic hydroxyl groups excluding tert-OH is 1. The van der Waals surface area contributed by atoms with Crippen molar-refractivity contribution in [2.45, 2.75) is 18.4 Å². The molecule has 112 valence electrons. The van der Waals surface area contributed by atoms with E-state index in [0.717, 1.165) is 12.1 Å². The minimum absolute atomic E-state index is 0.0993. The SMILES string of the molecule is Cc1c(CO)cccc1S(=O)(=O)Nc1cccc(F)c1F. The standard InChI is InChI=1S/C14H13F2NO3S/c1-9-10(8-18)4-2-7-13(9)21(19,20)17-12-6-3-5-11(15)14(12)16/h2-7,17-18H,8H2,1H3. The molecule has 0 saturated carbocycles. The fraction of sp³-hybridized carbons (Fsp3) is 0.143. The average molecular weight is 313 g/mol. The van der Waals surface area contributed by atoms with Crippen LogP contribution in [0.2, 0.25) is 0 Å². The van der Waals surface area contributed by atoms with Crippen LogP contribution in [0, 0.1) is 18.6 Å². The number of benzene rings is 2. The zero-order chi connectivity index (χ0) is 15.6. The van der Waals surface area contributed by atoms with Gasteiger partial charge < -0.3 is 5.11 Å². The molecule has 0 fully saturated rings. The summed E-state index contributed by atoms with van der Waals surface area (Å²) in [5, 5.41) is 9.15. The molecule has 0 radical (unpaired) electrons. The van der Waals surface area contributed by atoms with Crippen LogP contribution in [0.1, 0.15) is 11.1 Å². The Labute approximate surface area is 121 Å². The molecule has 21 heavy (non-hydrogen) atoms. The normalized spacial score (nSPS) is 11.4. The van der Waals surface area contributed by atoms with Gasteiger partial charge in [-0.1, -0.05) is 18.2 Å². The lowest BCUT2D eigenvalue weighted by Crippen LogP contribution is -2.16.